The van der Waals surface area contributed by atoms with Gasteiger partial charge in [0.05, 0.1) is 11.1 Å². The highest BCUT2D eigenvalue weighted by Gasteiger charge is 2.33. The largest absolute Gasteiger partial charge is 0.416 e. The Hall–Kier alpha value is -2.12. The molecule has 1 amide bonds. The molecule has 2 heterocycles. The summed E-state index contributed by atoms with van der Waals surface area (Å²) in [5.74, 6) is -0.935. The van der Waals surface area contributed by atoms with Gasteiger partial charge in [-0.3, -0.25) is 4.79 Å². The lowest BCUT2D eigenvalue weighted by molar-refractivity contribution is -0.137. The van der Waals surface area contributed by atoms with Crippen molar-refractivity contribution in [1.82, 2.24) is 10.2 Å². The molecule has 2 aliphatic heterocycles. The quantitative estimate of drug-likeness (QED) is 0.690. The van der Waals surface area contributed by atoms with Crippen molar-refractivity contribution in [2.24, 2.45) is 0 Å². The average Bonchev–Trinajstić information content (AvgIpc) is 2.99. The van der Waals surface area contributed by atoms with Crippen LogP contribution < -0.4 is 5.32 Å². The third-order valence-corrected chi connectivity index (χ3v) is 5.52. The number of hydrogen-bond donors (Lipinski definition) is 1. The van der Waals surface area contributed by atoms with Gasteiger partial charge in [-0.2, -0.15) is 13.2 Å². The van der Waals surface area contributed by atoms with Gasteiger partial charge in [-0.1, -0.05) is 18.2 Å². The van der Waals surface area contributed by atoms with Gasteiger partial charge in [0, 0.05) is 25.2 Å². The number of hydrogen-bond acceptors (Lipinski definition) is 2. The number of rotatable bonds is 2. The van der Waals surface area contributed by atoms with Gasteiger partial charge in [-0.25, -0.2) is 4.39 Å². The van der Waals surface area contributed by atoms with Crippen LogP contribution in [0.2, 0.25) is 0 Å². The third-order valence-electron chi connectivity index (χ3n) is 5.52. The van der Waals surface area contributed by atoms with E-state index in [1.165, 1.54) is 18.2 Å². The molecular formula is C21H21ClF4N2O. The Kier molecular flexibility index (Phi) is 6.19. The zero-order chi connectivity index (χ0) is 19.9. The van der Waals surface area contributed by atoms with Crippen LogP contribution in [0.15, 0.2) is 42.5 Å². The average molecular weight is 429 g/mol. The van der Waals surface area contributed by atoms with Crippen LogP contribution in [0.1, 0.15) is 35.2 Å². The molecule has 2 fully saturated rings. The van der Waals surface area contributed by atoms with E-state index < -0.39 is 17.6 Å². The fourth-order valence-electron chi connectivity index (χ4n) is 4.11. The van der Waals surface area contributed by atoms with Gasteiger partial charge in [-0.05, 0) is 54.7 Å². The number of amides is 1. The Morgan fingerprint density at radius 1 is 1.03 bits per heavy atom. The fraction of sp³-hybridized carbons (Fsp3) is 0.381. The second-order valence-electron chi connectivity index (χ2n) is 7.45. The summed E-state index contributed by atoms with van der Waals surface area (Å²) in [4.78, 5) is 14.8. The second-order valence-corrected chi connectivity index (χ2v) is 7.45. The molecule has 0 saturated carbocycles. The van der Waals surface area contributed by atoms with Crippen LogP contribution in [-0.4, -0.2) is 36.0 Å². The van der Waals surface area contributed by atoms with E-state index in [9.17, 15) is 22.4 Å². The van der Waals surface area contributed by atoms with Crippen LogP contribution in [0.25, 0.3) is 11.1 Å². The SMILES string of the molecule is Cl.O=C(c1cc(F)ccc1-c1cccc(C(F)(F)F)c1)N1CCC2CCC(C1)N2. The van der Waals surface area contributed by atoms with Crippen molar-refractivity contribution < 1.29 is 22.4 Å². The molecule has 2 bridgehead atoms. The highest BCUT2D eigenvalue weighted by molar-refractivity contribution is 6.01. The van der Waals surface area contributed by atoms with Crippen LogP contribution in [0.5, 0.6) is 0 Å². The number of benzene rings is 2. The lowest BCUT2D eigenvalue weighted by atomic mass is 9.96. The number of carbonyl (C=O) groups is 1. The van der Waals surface area contributed by atoms with Gasteiger partial charge in [0.15, 0.2) is 0 Å². The normalized spacial score (nSPS) is 21.4. The molecule has 29 heavy (non-hydrogen) atoms. The smallest absolute Gasteiger partial charge is 0.337 e. The Morgan fingerprint density at radius 2 is 1.79 bits per heavy atom. The van der Waals surface area contributed by atoms with E-state index in [2.05, 4.69) is 5.32 Å². The predicted octanol–water partition coefficient (Wildman–Crippen LogP) is 4.90. The molecule has 1 N–H and O–H groups in total. The van der Waals surface area contributed by atoms with E-state index >= 15 is 0 Å². The Labute approximate surface area is 172 Å². The maximum atomic E-state index is 13.9. The van der Waals surface area contributed by atoms with Crippen molar-refractivity contribution in [3.05, 3.63) is 59.4 Å². The van der Waals surface area contributed by atoms with Gasteiger partial charge in [0.2, 0.25) is 0 Å². The Bertz CT molecular complexity index is 902. The van der Waals surface area contributed by atoms with E-state index in [1.54, 1.807) is 4.90 Å². The first kappa shape index (κ1) is 21.6. The van der Waals surface area contributed by atoms with Crippen molar-refractivity contribution in [3.8, 4) is 11.1 Å². The molecule has 8 heteroatoms. The molecule has 2 aromatic carbocycles. The maximum absolute atomic E-state index is 13.9. The minimum Gasteiger partial charge on any atom is -0.337 e. The van der Waals surface area contributed by atoms with Crippen LogP contribution in [0, 0.1) is 5.82 Å². The first-order valence-corrected chi connectivity index (χ1v) is 9.34. The number of fused-ring (bicyclic) bond motifs is 2. The van der Waals surface area contributed by atoms with Gasteiger partial charge in [0.25, 0.3) is 5.91 Å². The number of likely N-dealkylation sites (tertiary alicyclic amines) is 1. The molecule has 0 radical (unpaired) electrons. The van der Waals surface area contributed by atoms with Crippen molar-refractivity contribution in [2.75, 3.05) is 13.1 Å². The lowest BCUT2D eigenvalue weighted by Crippen LogP contribution is -2.39. The zero-order valence-corrected chi connectivity index (χ0v) is 16.3. The van der Waals surface area contributed by atoms with E-state index in [1.807, 2.05) is 0 Å². The minimum absolute atomic E-state index is 0. The fourth-order valence-corrected chi connectivity index (χ4v) is 4.11. The van der Waals surface area contributed by atoms with Gasteiger partial charge >= 0.3 is 6.18 Å². The van der Waals surface area contributed by atoms with Crippen molar-refractivity contribution in [1.29, 1.82) is 0 Å². The first-order valence-electron chi connectivity index (χ1n) is 9.34. The molecule has 2 aromatic rings. The molecule has 2 saturated heterocycles. The molecule has 0 aliphatic carbocycles. The second kappa shape index (κ2) is 8.32. The monoisotopic (exact) mass is 428 g/mol. The van der Waals surface area contributed by atoms with E-state index in [4.69, 9.17) is 0 Å². The van der Waals surface area contributed by atoms with E-state index in [-0.39, 0.29) is 35.5 Å². The molecule has 156 valence electrons. The molecule has 0 spiro atoms. The first-order chi connectivity index (χ1) is 13.3. The van der Waals surface area contributed by atoms with Gasteiger partial charge in [0.1, 0.15) is 5.82 Å². The van der Waals surface area contributed by atoms with E-state index in [0.717, 1.165) is 43.5 Å². The molecule has 2 unspecified atom stereocenters. The van der Waals surface area contributed by atoms with Crippen LogP contribution in [-0.2, 0) is 6.18 Å². The lowest BCUT2D eigenvalue weighted by Gasteiger charge is -2.25. The third kappa shape index (κ3) is 4.56. The summed E-state index contributed by atoms with van der Waals surface area (Å²) in [6.45, 7) is 1.07. The van der Waals surface area contributed by atoms with Gasteiger partial charge in [-0.15, -0.1) is 12.4 Å². The summed E-state index contributed by atoms with van der Waals surface area (Å²) in [6.07, 6.45) is -1.60. The summed E-state index contributed by atoms with van der Waals surface area (Å²) in [5, 5.41) is 3.48. The Balaban J connectivity index is 0.00000240. The maximum Gasteiger partial charge on any atom is 0.416 e. The minimum atomic E-state index is -4.49. The summed E-state index contributed by atoms with van der Waals surface area (Å²) in [5.41, 5.74) is -0.159. The highest BCUT2D eigenvalue weighted by Crippen LogP contribution is 2.34. The van der Waals surface area contributed by atoms with Gasteiger partial charge < -0.3 is 10.2 Å². The molecule has 0 aromatic heterocycles. The highest BCUT2D eigenvalue weighted by atomic mass is 35.5. The number of nitrogens with zero attached hydrogens (tertiary/aromatic N) is 1. The number of nitrogens with one attached hydrogen (secondary N) is 1. The molecule has 3 nitrogen and oxygen atoms in total. The van der Waals surface area contributed by atoms with Crippen molar-refractivity contribution >= 4 is 18.3 Å². The number of carbonyl (C=O) groups excluding carboxylic acids is 1. The molecule has 4 rings (SSSR count). The summed E-state index contributed by atoms with van der Waals surface area (Å²) in [7, 11) is 0. The predicted molar refractivity (Wildman–Crippen MR) is 105 cm³/mol. The molecule has 2 atom stereocenters. The Morgan fingerprint density at radius 3 is 2.55 bits per heavy atom. The topological polar surface area (TPSA) is 32.3 Å². The van der Waals surface area contributed by atoms with Crippen molar-refractivity contribution in [2.45, 2.75) is 37.5 Å². The zero-order valence-electron chi connectivity index (χ0n) is 15.5. The number of alkyl halides is 3. The van der Waals surface area contributed by atoms with Crippen LogP contribution >= 0.6 is 12.4 Å². The summed E-state index contributed by atoms with van der Waals surface area (Å²) < 4.78 is 53.2. The van der Waals surface area contributed by atoms with Crippen LogP contribution in [0.4, 0.5) is 17.6 Å². The molecular weight excluding hydrogens is 408 g/mol. The summed E-state index contributed by atoms with van der Waals surface area (Å²) >= 11 is 0. The number of halogens is 5. The summed E-state index contributed by atoms with van der Waals surface area (Å²) in [6, 6.07) is 9.03. The van der Waals surface area contributed by atoms with E-state index in [0.29, 0.717) is 24.7 Å². The molecule has 2 aliphatic rings. The standard InChI is InChI=1S/C21H20F4N2O.ClH/c22-15-4-7-18(13-2-1-3-14(10-13)21(23,24)25)19(11-15)20(28)27-9-8-16-5-6-17(12-27)26-16;/h1-4,7,10-11,16-17,26H,5-6,8-9,12H2;1H. The van der Waals surface area contributed by atoms with Crippen LogP contribution in [0.3, 0.4) is 0 Å². The van der Waals surface area contributed by atoms with Crippen molar-refractivity contribution in [3.63, 3.8) is 0 Å².